The number of nitrogens with zero attached hydrogens (tertiary/aromatic N) is 2. The van der Waals surface area contributed by atoms with E-state index in [0.717, 1.165) is 22.3 Å². The Labute approximate surface area is 181 Å². The molecule has 1 N–H and O–H groups in total. The minimum Gasteiger partial charge on any atom is -0.322 e. The average molecular weight is 435 g/mol. The lowest BCUT2D eigenvalue weighted by Gasteiger charge is -2.14. The summed E-state index contributed by atoms with van der Waals surface area (Å²) in [6.45, 7) is -0.303. The van der Waals surface area contributed by atoms with E-state index in [9.17, 15) is 23.2 Å². The van der Waals surface area contributed by atoms with Crippen LogP contribution in [0.5, 0.6) is 0 Å². The van der Waals surface area contributed by atoms with E-state index in [1.807, 2.05) is 30.3 Å². The van der Waals surface area contributed by atoms with Crippen molar-refractivity contribution in [2.75, 3.05) is 5.32 Å². The van der Waals surface area contributed by atoms with Gasteiger partial charge in [-0.05, 0) is 36.2 Å². The van der Waals surface area contributed by atoms with Gasteiger partial charge in [0, 0.05) is 12.6 Å². The Morgan fingerprint density at radius 1 is 0.875 bits per heavy atom. The molecule has 1 heterocycles. The summed E-state index contributed by atoms with van der Waals surface area (Å²) in [5.41, 5.74) is -0.0236. The van der Waals surface area contributed by atoms with E-state index in [1.54, 1.807) is 24.3 Å². The largest absolute Gasteiger partial charge is 0.331 e. The predicted molar refractivity (Wildman–Crippen MR) is 118 cm³/mol. The third-order valence-electron chi connectivity index (χ3n) is 5.11. The maximum Gasteiger partial charge on any atom is 0.331 e. The van der Waals surface area contributed by atoms with Crippen molar-refractivity contribution in [3.63, 3.8) is 0 Å². The van der Waals surface area contributed by atoms with Crippen molar-refractivity contribution in [3.8, 4) is 0 Å². The van der Waals surface area contributed by atoms with Gasteiger partial charge in [0.05, 0.1) is 16.6 Å². The maximum atomic E-state index is 13.9. The number of para-hydroxylation sites is 1. The summed E-state index contributed by atoms with van der Waals surface area (Å²) in [6, 6.07) is 18.7. The Hall–Kier alpha value is -4.07. The van der Waals surface area contributed by atoms with Gasteiger partial charge >= 0.3 is 5.69 Å². The van der Waals surface area contributed by atoms with Crippen LogP contribution in [0.25, 0.3) is 10.9 Å². The van der Waals surface area contributed by atoms with Crippen LogP contribution in [0.2, 0.25) is 0 Å². The highest BCUT2D eigenvalue weighted by atomic mass is 19.1. The van der Waals surface area contributed by atoms with Crippen molar-refractivity contribution in [2.24, 2.45) is 0 Å². The zero-order valence-electron chi connectivity index (χ0n) is 16.9. The second-order valence-corrected chi connectivity index (χ2v) is 7.25. The van der Waals surface area contributed by atoms with E-state index in [0.29, 0.717) is 23.4 Å². The normalized spacial score (nSPS) is 10.9. The van der Waals surface area contributed by atoms with E-state index < -0.39 is 35.3 Å². The molecule has 0 aliphatic rings. The molecular weight excluding hydrogens is 416 g/mol. The number of amides is 1. The van der Waals surface area contributed by atoms with Crippen molar-refractivity contribution in [2.45, 2.75) is 19.5 Å². The molecule has 4 aromatic rings. The molecule has 162 valence electrons. The SMILES string of the molecule is O=C(Cn1c(=O)n(CCc2ccccc2)c(=O)c2ccccc21)Nc1ccc(F)cc1F. The zero-order chi connectivity index (χ0) is 22.7. The second-order valence-electron chi connectivity index (χ2n) is 7.25. The van der Waals surface area contributed by atoms with Gasteiger partial charge in [0.25, 0.3) is 5.56 Å². The Kier molecular flexibility index (Phi) is 5.93. The van der Waals surface area contributed by atoms with E-state index in [4.69, 9.17) is 0 Å². The van der Waals surface area contributed by atoms with Gasteiger partial charge < -0.3 is 5.32 Å². The first-order valence-corrected chi connectivity index (χ1v) is 9.95. The number of aromatic nitrogens is 2. The van der Waals surface area contributed by atoms with Crippen LogP contribution in [0.1, 0.15) is 5.56 Å². The van der Waals surface area contributed by atoms with Crippen molar-refractivity contribution in [1.29, 1.82) is 0 Å². The molecule has 4 rings (SSSR count). The number of rotatable bonds is 6. The molecule has 6 nitrogen and oxygen atoms in total. The molecule has 0 saturated heterocycles. The number of anilines is 1. The summed E-state index contributed by atoms with van der Waals surface area (Å²) >= 11 is 0. The standard InChI is InChI=1S/C24H19F2N3O3/c25-17-10-11-20(19(26)14-17)27-22(30)15-29-21-9-5-4-8-18(21)23(31)28(24(29)32)13-12-16-6-2-1-3-7-16/h1-11,14H,12-13,15H2,(H,27,30). The lowest BCUT2D eigenvalue weighted by Crippen LogP contribution is -2.42. The number of fused-ring (bicyclic) bond motifs is 1. The smallest absolute Gasteiger partial charge is 0.322 e. The van der Waals surface area contributed by atoms with Gasteiger partial charge in [-0.15, -0.1) is 0 Å². The van der Waals surface area contributed by atoms with E-state index in [-0.39, 0.29) is 12.2 Å². The Morgan fingerprint density at radius 2 is 1.59 bits per heavy atom. The summed E-state index contributed by atoms with van der Waals surface area (Å²) < 4.78 is 29.3. The van der Waals surface area contributed by atoms with Gasteiger partial charge in [0.2, 0.25) is 5.91 Å². The first-order valence-electron chi connectivity index (χ1n) is 9.95. The highest BCUT2D eigenvalue weighted by Gasteiger charge is 2.16. The quantitative estimate of drug-likeness (QED) is 0.505. The van der Waals surface area contributed by atoms with Crippen LogP contribution in [0, 0.1) is 11.6 Å². The number of halogens is 2. The molecule has 1 amide bonds. The molecule has 0 radical (unpaired) electrons. The monoisotopic (exact) mass is 435 g/mol. The fraction of sp³-hybridized carbons (Fsp3) is 0.125. The summed E-state index contributed by atoms with van der Waals surface area (Å²) in [5.74, 6) is -2.38. The summed E-state index contributed by atoms with van der Waals surface area (Å²) in [5, 5.41) is 2.63. The molecule has 0 bridgehead atoms. The predicted octanol–water partition coefficient (Wildman–Crippen LogP) is 3.32. The number of hydrogen-bond donors (Lipinski definition) is 1. The number of benzene rings is 3. The number of carbonyl (C=O) groups is 1. The third kappa shape index (κ3) is 4.34. The summed E-state index contributed by atoms with van der Waals surface area (Å²) in [7, 11) is 0. The molecule has 0 spiro atoms. The molecule has 0 atom stereocenters. The molecule has 0 unspecified atom stereocenters. The fourth-order valence-electron chi connectivity index (χ4n) is 3.53. The fourth-order valence-corrected chi connectivity index (χ4v) is 3.53. The van der Waals surface area contributed by atoms with Crippen LogP contribution >= 0.6 is 0 Å². The highest BCUT2D eigenvalue weighted by molar-refractivity contribution is 5.91. The molecule has 1 aromatic heterocycles. The van der Waals surface area contributed by atoms with Crippen molar-refractivity contribution in [1.82, 2.24) is 9.13 Å². The molecule has 0 aliphatic heterocycles. The first kappa shape index (κ1) is 21.2. The van der Waals surface area contributed by atoms with Gasteiger partial charge in [-0.2, -0.15) is 0 Å². The van der Waals surface area contributed by atoms with E-state index >= 15 is 0 Å². The van der Waals surface area contributed by atoms with Gasteiger partial charge in [0.1, 0.15) is 18.2 Å². The summed E-state index contributed by atoms with van der Waals surface area (Å²) in [4.78, 5) is 38.7. The van der Waals surface area contributed by atoms with Gasteiger partial charge in [-0.25, -0.2) is 13.6 Å². The Bertz CT molecular complexity index is 1410. The number of aryl methyl sites for hydroxylation is 1. The molecule has 3 aromatic carbocycles. The highest BCUT2D eigenvalue weighted by Crippen LogP contribution is 2.15. The topological polar surface area (TPSA) is 73.1 Å². The van der Waals surface area contributed by atoms with Crippen molar-refractivity contribution >= 4 is 22.5 Å². The number of nitrogens with one attached hydrogen (secondary N) is 1. The molecule has 32 heavy (non-hydrogen) atoms. The van der Waals surface area contributed by atoms with E-state index in [1.165, 1.54) is 4.57 Å². The Balaban J connectivity index is 1.69. The number of hydrogen-bond acceptors (Lipinski definition) is 3. The van der Waals surface area contributed by atoms with Crippen LogP contribution in [0.4, 0.5) is 14.5 Å². The first-order chi connectivity index (χ1) is 15.4. The second kappa shape index (κ2) is 8.97. The minimum absolute atomic E-state index is 0.140. The van der Waals surface area contributed by atoms with Gasteiger partial charge in [-0.3, -0.25) is 18.7 Å². The third-order valence-corrected chi connectivity index (χ3v) is 5.11. The van der Waals surface area contributed by atoms with Crippen LogP contribution in [0.15, 0.2) is 82.4 Å². The molecule has 0 aliphatic carbocycles. The zero-order valence-corrected chi connectivity index (χ0v) is 16.9. The van der Waals surface area contributed by atoms with Crippen LogP contribution in [-0.2, 0) is 24.3 Å². The molecule has 8 heteroatoms. The maximum absolute atomic E-state index is 13.9. The Morgan fingerprint density at radius 3 is 2.34 bits per heavy atom. The minimum atomic E-state index is -0.927. The lowest BCUT2D eigenvalue weighted by atomic mass is 10.1. The van der Waals surface area contributed by atoms with Gasteiger partial charge in [-0.1, -0.05) is 42.5 Å². The average Bonchev–Trinajstić information content (AvgIpc) is 2.79. The molecule has 0 saturated carbocycles. The lowest BCUT2D eigenvalue weighted by molar-refractivity contribution is -0.116. The molecule has 0 fully saturated rings. The van der Waals surface area contributed by atoms with Crippen molar-refractivity contribution in [3.05, 3.63) is 111 Å². The van der Waals surface area contributed by atoms with E-state index in [2.05, 4.69) is 5.32 Å². The van der Waals surface area contributed by atoms with Gasteiger partial charge in [0.15, 0.2) is 0 Å². The molecular formula is C24H19F2N3O3. The number of carbonyl (C=O) groups excluding carboxylic acids is 1. The van der Waals surface area contributed by atoms with Crippen LogP contribution in [0.3, 0.4) is 0 Å². The van der Waals surface area contributed by atoms with Crippen LogP contribution in [-0.4, -0.2) is 15.0 Å². The van der Waals surface area contributed by atoms with Crippen LogP contribution < -0.4 is 16.6 Å². The van der Waals surface area contributed by atoms with Crippen molar-refractivity contribution < 1.29 is 13.6 Å². The summed E-state index contributed by atoms with van der Waals surface area (Å²) in [6.07, 6.45) is 0.460.